The molecule has 0 aliphatic heterocycles. The van der Waals surface area contributed by atoms with Crippen molar-refractivity contribution < 1.29 is 0 Å². The Bertz CT molecular complexity index is 354. The van der Waals surface area contributed by atoms with Crippen LogP contribution in [-0.4, -0.2) is 9.55 Å². The van der Waals surface area contributed by atoms with Gasteiger partial charge in [0.15, 0.2) is 0 Å². The number of nitrogens with zero attached hydrogens (tertiary/aromatic N) is 1. The van der Waals surface area contributed by atoms with E-state index in [1.165, 1.54) is 11.6 Å². The molecule has 0 aromatic carbocycles. The van der Waals surface area contributed by atoms with Gasteiger partial charge in [-0.3, -0.25) is 14.3 Å². The minimum Gasteiger partial charge on any atom is -0.385 e. The first-order valence-corrected chi connectivity index (χ1v) is 3.09. The second kappa shape index (κ2) is 2.26. The molecule has 0 aliphatic carbocycles. The summed E-state index contributed by atoms with van der Waals surface area (Å²) in [4.78, 5) is 23.8. The first kappa shape index (κ1) is 7.59. The number of nitrogens with one attached hydrogen (secondary N) is 1. The highest BCUT2D eigenvalue weighted by molar-refractivity contribution is 5.36. The second-order valence-electron chi connectivity index (χ2n) is 2.33. The van der Waals surface area contributed by atoms with E-state index in [2.05, 4.69) is 4.98 Å². The topological polar surface area (TPSA) is 80.9 Å². The van der Waals surface area contributed by atoms with Crippen LogP contribution >= 0.6 is 0 Å². The Labute approximate surface area is 62.5 Å². The molecule has 0 saturated carbocycles. The van der Waals surface area contributed by atoms with E-state index >= 15 is 0 Å². The normalized spacial score (nSPS) is 10.0. The molecule has 0 bridgehead atoms. The smallest absolute Gasteiger partial charge is 0.329 e. The molecule has 0 saturated heterocycles. The average Bonchev–Trinajstić information content (AvgIpc) is 1.97. The number of anilines is 1. The van der Waals surface area contributed by atoms with Crippen LogP contribution in [0.3, 0.4) is 0 Å². The van der Waals surface area contributed by atoms with Crippen molar-refractivity contribution >= 4 is 5.82 Å². The van der Waals surface area contributed by atoms with Crippen LogP contribution < -0.4 is 17.0 Å². The number of rotatable bonds is 0. The van der Waals surface area contributed by atoms with Gasteiger partial charge in [0.1, 0.15) is 5.82 Å². The van der Waals surface area contributed by atoms with Crippen molar-refractivity contribution in [1.29, 1.82) is 0 Å². The fourth-order valence-electron chi connectivity index (χ4n) is 0.752. The van der Waals surface area contributed by atoms with E-state index in [-0.39, 0.29) is 5.82 Å². The predicted molar refractivity (Wildman–Crippen MR) is 41.5 cm³/mol. The number of aromatic amines is 1. The molecule has 1 heterocycles. The van der Waals surface area contributed by atoms with Gasteiger partial charge in [-0.1, -0.05) is 0 Å². The third-order valence-corrected chi connectivity index (χ3v) is 1.61. The molecule has 0 radical (unpaired) electrons. The summed E-state index contributed by atoms with van der Waals surface area (Å²) in [6.07, 6.45) is 0. The lowest BCUT2D eigenvalue weighted by molar-refractivity contribution is 0.803. The molecule has 1 aromatic heterocycles. The SMILES string of the molecule is Cc1c(N)n(C)c(=O)[nH]c1=O. The van der Waals surface area contributed by atoms with E-state index in [9.17, 15) is 9.59 Å². The van der Waals surface area contributed by atoms with Crippen molar-refractivity contribution in [2.75, 3.05) is 5.73 Å². The summed E-state index contributed by atoms with van der Waals surface area (Å²) in [5, 5.41) is 0. The highest BCUT2D eigenvalue weighted by Gasteiger charge is 2.02. The van der Waals surface area contributed by atoms with Gasteiger partial charge >= 0.3 is 5.69 Å². The van der Waals surface area contributed by atoms with E-state index in [1.54, 1.807) is 6.92 Å². The summed E-state index contributed by atoms with van der Waals surface area (Å²) < 4.78 is 1.19. The Morgan fingerprint density at radius 1 is 1.45 bits per heavy atom. The monoisotopic (exact) mass is 155 g/mol. The van der Waals surface area contributed by atoms with Crippen LogP contribution in [0, 0.1) is 6.92 Å². The number of hydrogen-bond acceptors (Lipinski definition) is 3. The van der Waals surface area contributed by atoms with Gasteiger partial charge in [-0.25, -0.2) is 4.79 Å². The minimum atomic E-state index is -0.488. The van der Waals surface area contributed by atoms with Gasteiger partial charge in [-0.2, -0.15) is 0 Å². The standard InChI is InChI=1S/C6H9N3O2/c1-3-4(7)9(2)6(11)8-5(3)10/h7H2,1-2H3,(H,8,10,11). The molecule has 0 amide bonds. The van der Waals surface area contributed by atoms with E-state index in [0.29, 0.717) is 5.56 Å². The van der Waals surface area contributed by atoms with Gasteiger partial charge < -0.3 is 5.73 Å². The Kier molecular flexibility index (Phi) is 1.56. The van der Waals surface area contributed by atoms with Crippen LogP contribution in [0.2, 0.25) is 0 Å². The lowest BCUT2D eigenvalue weighted by Gasteiger charge is -2.02. The first-order valence-electron chi connectivity index (χ1n) is 3.09. The molecule has 0 aliphatic rings. The zero-order valence-corrected chi connectivity index (χ0v) is 6.34. The van der Waals surface area contributed by atoms with Crippen molar-refractivity contribution in [3.63, 3.8) is 0 Å². The zero-order valence-electron chi connectivity index (χ0n) is 6.34. The quantitative estimate of drug-likeness (QED) is 0.502. The summed E-state index contributed by atoms with van der Waals surface area (Å²) in [7, 11) is 1.50. The third kappa shape index (κ3) is 1.04. The van der Waals surface area contributed by atoms with E-state index < -0.39 is 11.2 Å². The highest BCUT2D eigenvalue weighted by atomic mass is 16.2. The predicted octanol–water partition coefficient (Wildman–Crippen LogP) is -1.04. The molecule has 0 spiro atoms. The van der Waals surface area contributed by atoms with Crippen LogP contribution in [0.25, 0.3) is 0 Å². The number of aromatic nitrogens is 2. The van der Waals surface area contributed by atoms with Gasteiger partial charge in [-0.15, -0.1) is 0 Å². The van der Waals surface area contributed by atoms with Gasteiger partial charge in [0, 0.05) is 7.05 Å². The number of hydrogen-bond donors (Lipinski definition) is 2. The maximum absolute atomic E-state index is 10.9. The summed E-state index contributed by atoms with van der Waals surface area (Å²) in [5.74, 6) is 0.207. The summed E-state index contributed by atoms with van der Waals surface area (Å²) in [6.45, 7) is 1.56. The largest absolute Gasteiger partial charge is 0.385 e. The van der Waals surface area contributed by atoms with Gasteiger partial charge in [0.2, 0.25) is 0 Å². The molecular formula is C6H9N3O2. The second-order valence-corrected chi connectivity index (χ2v) is 2.33. The average molecular weight is 155 g/mol. The Morgan fingerprint density at radius 2 is 2.00 bits per heavy atom. The van der Waals surface area contributed by atoms with Crippen LogP contribution in [-0.2, 0) is 7.05 Å². The molecule has 3 N–H and O–H groups in total. The van der Waals surface area contributed by atoms with Crippen LogP contribution in [0.15, 0.2) is 9.59 Å². The van der Waals surface area contributed by atoms with Gasteiger partial charge in [-0.05, 0) is 6.92 Å². The minimum absolute atomic E-state index is 0.207. The fraction of sp³-hybridized carbons (Fsp3) is 0.333. The van der Waals surface area contributed by atoms with Crippen molar-refractivity contribution in [3.8, 4) is 0 Å². The lowest BCUT2D eigenvalue weighted by atomic mass is 10.3. The third-order valence-electron chi connectivity index (χ3n) is 1.61. The van der Waals surface area contributed by atoms with Crippen LogP contribution in [0.4, 0.5) is 5.82 Å². The Balaban J connectivity index is 3.73. The molecule has 60 valence electrons. The maximum Gasteiger partial charge on any atom is 0.329 e. The molecule has 0 fully saturated rings. The lowest BCUT2D eigenvalue weighted by Crippen LogP contribution is -2.31. The van der Waals surface area contributed by atoms with Crippen LogP contribution in [0.5, 0.6) is 0 Å². The van der Waals surface area contributed by atoms with Crippen molar-refractivity contribution in [1.82, 2.24) is 9.55 Å². The molecule has 5 heteroatoms. The van der Waals surface area contributed by atoms with Gasteiger partial charge in [0.25, 0.3) is 5.56 Å². The molecule has 11 heavy (non-hydrogen) atoms. The Morgan fingerprint density at radius 3 is 2.55 bits per heavy atom. The molecule has 5 nitrogen and oxygen atoms in total. The summed E-state index contributed by atoms with van der Waals surface area (Å²) in [5.41, 5.74) is 4.88. The number of H-pyrrole nitrogens is 1. The fourth-order valence-corrected chi connectivity index (χ4v) is 0.752. The first-order chi connectivity index (χ1) is 5.04. The molecule has 0 atom stereocenters. The van der Waals surface area contributed by atoms with Crippen molar-refractivity contribution in [2.45, 2.75) is 6.92 Å². The van der Waals surface area contributed by atoms with Crippen molar-refractivity contribution in [2.24, 2.45) is 7.05 Å². The van der Waals surface area contributed by atoms with Crippen molar-refractivity contribution in [3.05, 3.63) is 26.4 Å². The molecular weight excluding hydrogens is 146 g/mol. The molecule has 0 unspecified atom stereocenters. The zero-order chi connectivity index (χ0) is 8.59. The number of nitrogens with two attached hydrogens (primary N) is 1. The maximum atomic E-state index is 10.9. The molecule has 1 aromatic rings. The Hall–Kier alpha value is -1.52. The summed E-state index contributed by atoms with van der Waals surface area (Å²) >= 11 is 0. The summed E-state index contributed by atoms with van der Waals surface area (Å²) in [6, 6.07) is 0. The van der Waals surface area contributed by atoms with E-state index in [4.69, 9.17) is 5.73 Å². The number of nitrogen functional groups attached to an aromatic ring is 1. The van der Waals surface area contributed by atoms with E-state index in [1.807, 2.05) is 0 Å². The van der Waals surface area contributed by atoms with Gasteiger partial charge in [0.05, 0.1) is 5.56 Å². The van der Waals surface area contributed by atoms with E-state index in [0.717, 1.165) is 0 Å². The van der Waals surface area contributed by atoms with Crippen LogP contribution in [0.1, 0.15) is 5.56 Å². The molecule has 1 rings (SSSR count). The highest BCUT2D eigenvalue weighted by Crippen LogP contribution is 1.96.